The van der Waals surface area contributed by atoms with Gasteiger partial charge in [0, 0.05) is 41.9 Å². The summed E-state index contributed by atoms with van der Waals surface area (Å²) in [5, 5.41) is 3.90. The van der Waals surface area contributed by atoms with Crippen LogP contribution in [0.15, 0.2) is 78.9 Å². The minimum absolute atomic E-state index is 0.0607. The van der Waals surface area contributed by atoms with Gasteiger partial charge in [-0.15, -0.1) is 0 Å². The van der Waals surface area contributed by atoms with E-state index in [1.807, 2.05) is 0 Å². The number of piperazine rings is 1. The highest BCUT2D eigenvalue weighted by Gasteiger charge is 2.27. The van der Waals surface area contributed by atoms with Crippen molar-refractivity contribution in [2.45, 2.75) is 6.04 Å². The van der Waals surface area contributed by atoms with Gasteiger partial charge < -0.3 is 5.32 Å². The SMILES string of the molecule is O=C(CN1CCN(C(c2ccccc2)c2ccccc2)CC1)Nc1cc(Cl)cc(Cl)c1. The van der Waals surface area contributed by atoms with E-state index in [0.717, 1.165) is 26.2 Å². The Hall–Kier alpha value is -2.37. The Balaban J connectivity index is 1.38. The summed E-state index contributed by atoms with van der Waals surface area (Å²) in [4.78, 5) is 17.2. The van der Waals surface area contributed by atoms with Crippen molar-refractivity contribution in [3.63, 3.8) is 0 Å². The van der Waals surface area contributed by atoms with Crippen LogP contribution >= 0.6 is 23.2 Å². The number of carbonyl (C=O) groups is 1. The van der Waals surface area contributed by atoms with Gasteiger partial charge in [-0.2, -0.15) is 0 Å². The highest BCUT2D eigenvalue weighted by molar-refractivity contribution is 6.35. The first-order valence-electron chi connectivity index (χ1n) is 10.4. The van der Waals surface area contributed by atoms with Gasteiger partial charge in [-0.05, 0) is 29.3 Å². The highest BCUT2D eigenvalue weighted by atomic mass is 35.5. The van der Waals surface area contributed by atoms with Crippen molar-refractivity contribution in [2.75, 3.05) is 38.0 Å². The average molecular weight is 454 g/mol. The maximum atomic E-state index is 12.5. The Bertz CT molecular complexity index is 946. The number of anilines is 1. The maximum absolute atomic E-state index is 12.5. The van der Waals surface area contributed by atoms with Crippen LogP contribution in [0.5, 0.6) is 0 Å². The third kappa shape index (κ3) is 5.86. The Kier molecular flexibility index (Phi) is 7.25. The molecular weight excluding hydrogens is 429 g/mol. The van der Waals surface area contributed by atoms with Crippen molar-refractivity contribution >= 4 is 34.8 Å². The molecule has 1 saturated heterocycles. The lowest BCUT2D eigenvalue weighted by atomic mass is 9.96. The molecule has 0 saturated carbocycles. The van der Waals surface area contributed by atoms with Crippen LogP contribution in [0.3, 0.4) is 0 Å². The summed E-state index contributed by atoms with van der Waals surface area (Å²) < 4.78 is 0. The van der Waals surface area contributed by atoms with Crippen LogP contribution < -0.4 is 5.32 Å². The maximum Gasteiger partial charge on any atom is 0.238 e. The number of halogens is 2. The minimum atomic E-state index is -0.0607. The van der Waals surface area contributed by atoms with Gasteiger partial charge in [-0.3, -0.25) is 14.6 Å². The number of benzene rings is 3. The van der Waals surface area contributed by atoms with Crippen LogP contribution in [0.4, 0.5) is 5.69 Å². The zero-order chi connectivity index (χ0) is 21.6. The molecule has 3 aromatic carbocycles. The van der Waals surface area contributed by atoms with Gasteiger partial charge in [0.05, 0.1) is 12.6 Å². The zero-order valence-corrected chi connectivity index (χ0v) is 18.7. The van der Waals surface area contributed by atoms with Crippen LogP contribution in [0.1, 0.15) is 17.2 Å². The predicted molar refractivity (Wildman–Crippen MR) is 128 cm³/mol. The molecule has 0 radical (unpaired) electrons. The molecular formula is C25H25Cl2N3O. The molecule has 1 fully saturated rings. The monoisotopic (exact) mass is 453 g/mol. The van der Waals surface area contributed by atoms with Crippen molar-refractivity contribution < 1.29 is 4.79 Å². The van der Waals surface area contributed by atoms with Crippen molar-refractivity contribution in [1.29, 1.82) is 0 Å². The molecule has 4 rings (SSSR count). The summed E-state index contributed by atoms with van der Waals surface area (Å²) in [7, 11) is 0. The molecule has 6 heteroatoms. The van der Waals surface area contributed by atoms with E-state index in [2.05, 4.69) is 75.8 Å². The Morgan fingerprint density at radius 3 is 1.84 bits per heavy atom. The average Bonchev–Trinajstić information content (AvgIpc) is 2.76. The molecule has 0 bridgehead atoms. The quantitative estimate of drug-likeness (QED) is 0.546. The van der Waals surface area contributed by atoms with Gasteiger partial charge >= 0.3 is 0 Å². The lowest BCUT2D eigenvalue weighted by Gasteiger charge is -2.39. The lowest BCUT2D eigenvalue weighted by Crippen LogP contribution is -2.49. The van der Waals surface area contributed by atoms with Crippen molar-refractivity contribution in [1.82, 2.24) is 9.80 Å². The van der Waals surface area contributed by atoms with Gasteiger partial charge in [0.1, 0.15) is 0 Å². The van der Waals surface area contributed by atoms with Crippen LogP contribution in [0.25, 0.3) is 0 Å². The standard InChI is InChI=1S/C25H25Cl2N3O/c26-21-15-22(27)17-23(16-21)28-24(31)18-29-11-13-30(14-12-29)25(19-7-3-1-4-8-19)20-9-5-2-6-10-20/h1-10,15-17,25H,11-14,18H2,(H,28,31). The number of hydrogen-bond donors (Lipinski definition) is 1. The second kappa shape index (κ2) is 10.3. The van der Waals surface area contributed by atoms with Gasteiger partial charge in [0.15, 0.2) is 0 Å². The largest absolute Gasteiger partial charge is 0.325 e. The molecule has 0 atom stereocenters. The Labute approximate surface area is 193 Å². The predicted octanol–water partition coefficient (Wildman–Crippen LogP) is 5.34. The molecule has 0 aliphatic carbocycles. The van der Waals surface area contributed by atoms with Gasteiger partial charge in [-0.25, -0.2) is 0 Å². The van der Waals surface area contributed by atoms with E-state index in [1.54, 1.807) is 18.2 Å². The summed E-state index contributed by atoms with van der Waals surface area (Å²) in [6.45, 7) is 3.80. The number of amides is 1. The van der Waals surface area contributed by atoms with Gasteiger partial charge in [0.25, 0.3) is 0 Å². The summed E-state index contributed by atoms with van der Waals surface area (Å²) in [5.74, 6) is -0.0607. The third-order valence-corrected chi connectivity index (χ3v) is 5.95. The molecule has 1 amide bonds. The molecule has 0 spiro atoms. The van der Waals surface area contributed by atoms with Crippen LogP contribution in [-0.4, -0.2) is 48.4 Å². The Morgan fingerprint density at radius 2 is 1.32 bits per heavy atom. The summed E-state index contributed by atoms with van der Waals surface area (Å²) in [6, 6.07) is 26.5. The number of hydrogen-bond acceptors (Lipinski definition) is 3. The molecule has 31 heavy (non-hydrogen) atoms. The first-order valence-corrected chi connectivity index (χ1v) is 11.2. The molecule has 1 heterocycles. The zero-order valence-electron chi connectivity index (χ0n) is 17.2. The summed E-state index contributed by atoms with van der Waals surface area (Å²) in [6.07, 6.45) is 0. The molecule has 1 aliphatic rings. The second-order valence-electron chi connectivity index (χ2n) is 7.74. The number of nitrogens with one attached hydrogen (secondary N) is 1. The van der Waals surface area contributed by atoms with Crippen LogP contribution in [0.2, 0.25) is 10.0 Å². The fourth-order valence-corrected chi connectivity index (χ4v) is 4.62. The number of rotatable bonds is 6. The minimum Gasteiger partial charge on any atom is -0.325 e. The Morgan fingerprint density at radius 1 is 0.806 bits per heavy atom. The van der Waals surface area contributed by atoms with Crippen LogP contribution in [-0.2, 0) is 4.79 Å². The fourth-order valence-electron chi connectivity index (χ4n) is 4.09. The van der Waals surface area contributed by atoms with E-state index in [4.69, 9.17) is 23.2 Å². The van der Waals surface area contributed by atoms with E-state index in [0.29, 0.717) is 22.3 Å². The van der Waals surface area contributed by atoms with E-state index in [9.17, 15) is 4.79 Å². The molecule has 3 aromatic rings. The summed E-state index contributed by atoms with van der Waals surface area (Å²) >= 11 is 12.0. The van der Waals surface area contributed by atoms with E-state index >= 15 is 0 Å². The third-order valence-electron chi connectivity index (χ3n) is 5.52. The molecule has 1 N–H and O–H groups in total. The first kappa shape index (κ1) is 21.8. The lowest BCUT2D eigenvalue weighted by molar-refractivity contribution is -0.117. The van der Waals surface area contributed by atoms with Crippen LogP contribution in [0, 0.1) is 0 Å². The molecule has 0 aromatic heterocycles. The molecule has 1 aliphatic heterocycles. The van der Waals surface area contributed by atoms with E-state index in [1.165, 1.54) is 11.1 Å². The van der Waals surface area contributed by atoms with Crippen molar-refractivity contribution in [3.8, 4) is 0 Å². The van der Waals surface area contributed by atoms with Gasteiger partial charge in [0.2, 0.25) is 5.91 Å². The molecule has 0 unspecified atom stereocenters. The second-order valence-corrected chi connectivity index (χ2v) is 8.62. The van der Waals surface area contributed by atoms with E-state index < -0.39 is 0 Å². The molecule has 160 valence electrons. The van der Waals surface area contributed by atoms with E-state index in [-0.39, 0.29) is 11.9 Å². The van der Waals surface area contributed by atoms with Crippen molar-refractivity contribution in [3.05, 3.63) is 100 Å². The summed E-state index contributed by atoms with van der Waals surface area (Å²) in [5.41, 5.74) is 3.20. The fraction of sp³-hybridized carbons (Fsp3) is 0.240. The molecule has 4 nitrogen and oxygen atoms in total. The number of nitrogens with zero attached hydrogens (tertiary/aromatic N) is 2. The first-order chi connectivity index (χ1) is 15.1. The van der Waals surface area contributed by atoms with Crippen molar-refractivity contribution in [2.24, 2.45) is 0 Å². The topological polar surface area (TPSA) is 35.6 Å². The number of carbonyl (C=O) groups excluding carboxylic acids is 1. The normalized spacial score (nSPS) is 15.2. The highest BCUT2D eigenvalue weighted by Crippen LogP contribution is 2.29. The smallest absolute Gasteiger partial charge is 0.238 e. The van der Waals surface area contributed by atoms with Gasteiger partial charge in [-0.1, -0.05) is 83.9 Å².